The second-order valence-corrected chi connectivity index (χ2v) is 3.51. The molecule has 1 aromatic heterocycles. The minimum absolute atomic E-state index is 0.125. The van der Waals surface area contributed by atoms with E-state index in [1.54, 1.807) is 18.4 Å². The predicted molar refractivity (Wildman–Crippen MR) is 44.4 cm³/mol. The van der Waals surface area contributed by atoms with Crippen LogP contribution in [0.25, 0.3) is 0 Å². The van der Waals surface area contributed by atoms with Crippen LogP contribution in [0.1, 0.15) is 19.4 Å². The third-order valence-electron chi connectivity index (χ3n) is 1.73. The normalized spacial score (nSPS) is 11.9. The molecule has 0 bridgehead atoms. The van der Waals surface area contributed by atoms with E-state index < -0.39 is 0 Å². The third-order valence-corrected chi connectivity index (χ3v) is 2.41. The van der Waals surface area contributed by atoms with Gasteiger partial charge in [0.25, 0.3) is 0 Å². The molecule has 0 N–H and O–H groups in total. The molecule has 0 atom stereocenters. The fraction of sp³-hybridized carbons (Fsp3) is 0.500. The highest BCUT2D eigenvalue weighted by Crippen LogP contribution is 2.25. The van der Waals surface area contributed by atoms with E-state index in [0.29, 0.717) is 0 Å². The van der Waals surface area contributed by atoms with Gasteiger partial charge in [-0.1, -0.05) is 0 Å². The van der Waals surface area contributed by atoms with Crippen molar-refractivity contribution in [2.75, 3.05) is 7.11 Å². The van der Waals surface area contributed by atoms with Gasteiger partial charge in [-0.05, 0) is 36.2 Å². The van der Waals surface area contributed by atoms with Crippen LogP contribution in [0.2, 0.25) is 0 Å². The zero-order valence-electron chi connectivity index (χ0n) is 6.55. The van der Waals surface area contributed by atoms with Crippen LogP contribution in [-0.4, -0.2) is 7.11 Å². The Morgan fingerprint density at radius 3 is 2.60 bits per heavy atom. The van der Waals surface area contributed by atoms with Crippen molar-refractivity contribution in [3.05, 3.63) is 22.4 Å². The summed E-state index contributed by atoms with van der Waals surface area (Å²) in [5.41, 5.74) is 1.13. The van der Waals surface area contributed by atoms with Crippen LogP contribution in [-0.2, 0) is 10.3 Å². The molecule has 0 fully saturated rings. The van der Waals surface area contributed by atoms with Crippen molar-refractivity contribution < 1.29 is 4.74 Å². The molecule has 2 heteroatoms. The number of hydrogen-bond donors (Lipinski definition) is 0. The first-order chi connectivity index (χ1) is 4.67. The van der Waals surface area contributed by atoms with Crippen LogP contribution in [0.15, 0.2) is 16.8 Å². The van der Waals surface area contributed by atoms with Crippen molar-refractivity contribution in [1.82, 2.24) is 0 Å². The Kier molecular flexibility index (Phi) is 2.11. The van der Waals surface area contributed by atoms with E-state index in [1.807, 2.05) is 0 Å². The molecule has 0 saturated heterocycles. The second-order valence-electron chi connectivity index (χ2n) is 2.73. The van der Waals surface area contributed by atoms with Crippen molar-refractivity contribution in [1.29, 1.82) is 0 Å². The summed E-state index contributed by atoms with van der Waals surface area (Å²) in [6.45, 7) is 4.13. The van der Waals surface area contributed by atoms with Gasteiger partial charge in [-0.2, -0.15) is 11.3 Å². The van der Waals surface area contributed by atoms with E-state index >= 15 is 0 Å². The third kappa shape index (κ3) is 1.39. The van der Waals surface area contributed by atoms with Gasteiger partial charge in [0, 0.05) is 7.11 Å². The fourth-order valence-electron chi connectivity index (χ4n) is 0.725. The van der Waals surface area contributed by atoms with Gasteiger partial charge in [0.05, 0.1) is 5.60 Å². The van der Waals surface area contributed by atoms with Gasteiger partial charge in [0.1, 0.15) is 0 Å². The molecule has 0 aliphatic heterocycles. The Balaban J connectivity index is 2.85. The van der Waals surface area contributed by atoms with E-state index in [0.717, 1.165) is 0 Å². The molecular weight excluding hydrogens is 144 g/mol. The maximum absolute atomic E-state index is 5.29. The summed E-state index contributed by atoms with van der Waals surface area (Å²) in [7, 11) is 1.73. The molecule has 0 unspecified atom stereocenters. The smallest absolute Gasteiger partial charge is 0.0879 e. The Labute approximate surface area is 65.6 Å². The number of rotatable bonds is 2. The number of methoxy groups -OCH3 is 1. The standard InChI is InChI=1S/C8H12OS/c1-8(2,9-3)7-4-5-10-6-7/h4-6H,1-3H3. The molecule has 56 valence electrons. The molecule has 1 aromatic rings. The lowest BCUT2D eigenvalue weighted by molar-refractivity contribution is 0.0196. The second kappa shape index (κ2) is 2.72. The molecule has 0 aromatic carbocycles. The van der Waals surface area contributed by atoms with Gasteiger partial charge in [-0.25, -0.2) is 0 Å². The molecule has 1 rings (SSSR count). The number of thiophene rings is 1. The van der Waals surface area contributed by atoms with Gasteiger partial charge < -0.3 is 4.74 Å². The van der Waals surface area contributed by atoms with Gasteiger partial charge in [-0.15, -0.1) is 0 Å². The van der Waals surface area contributed by atoms with E-state index in [2.05, 4.69) is 30.7 Å². The maximum Gasteiger partial charge on any atom is 0.0879 e. The predicted octanol–water partition coefficient (Wildman–Crippen LogP) is 2.63. The Morgan fingerprint density at radius 1 is 1.50 bits per heavy atom. The summed E-state index contributed by atoms with van der Waals surface area (Å²) in [5, 5.41) is 4.18. The first-order valence-corrected chi connectivity index (χ1v) is 4.19. The first-order valence-electron chi connectivity index (χ1n) is 3.24. The number of hydrogen-bond acceptors (Lipinski definition) is 2. The molecule has 0 amide bonds. The van der Waals surface area contributed by atoms with E-state index in [4.69, 9.17) is 4.74 Å². The SMILES string of the molecule is COC(C)(C)c1ccsc1. The van der Waals surface area contributed by atoms with Gasteiger partial charge in [0.2, 0.25) is 0 Å². The van der Waals surface area contributed by atoms with Crippen LogP contribution in [0.5, 0.6) is 0 Å². The monoisotopic (exact) mass is 156 g/mol. The molecule has 0 saturated carbocycles. The van der Waals surface area contributed by atoms with Crippen LogP contribution in [0, 0.1) is 0 Å². The highest BCUT2D eigenvalue weighted by molar-refractivity contribution is 7.08. The Hall–Kier alpha value is -0.340. The summed E-state index contributed by atoms with van der Waals surface area (Å²) in [5.74, 6) is 0. The highest BCUT2D eigenvalue weighted by atomic mass is 32.1. The summed E-state index contributed by atoms with van der Waals surface area (Å²) in [6.07, 6.45) is 0. The van der Waals surface area contributed by atoms with Gasteiger partial charge >= 0.3 is 0 Å². The lowest BCUT2D eigenvalue weighted by atomic mass is 10.0. The average molecular weight is 156 g/mol. The van der Waals surface area contributed by atoms with Gasteiger partial charge in [0.15, 0.2) is 0 Å². The molecule has 1 heterocycles. The summed E-state index contributed by atoms with van der Waals surface area (Å²) in [6, 6.07) is 2.09. The first kappa shape index (κ1) is 7.76. The van der Waals surface area contributed by atoms with Gasteiger partial charge in [-0.3, -0.25) is 0 Å². The van der Waals surface area contributed by atoms with Crippen LogP contribution in [0.4, 0.5) is 0 Å². The maximum atomic E-state index is 5.29. The largest absolute Gasteiger partial charge is 0.374 e. The molecule has 10 heavy (non-hydrogen) atoms. The van der Waals surface area contributed by atoms with Crippen molar-refractivity contribution >= 4 is 11.3 Å². The molecule has 0 aliphatic carbocycles. The van der Waals surface area contributed by atoms with Crippen molar-refractivity contribution in [2.24, 2.45) is 0 Å². The van der Waals surface area contributed by atoms with E-state index in [-0.39, 0.29) is 5.60 Å². The quantitative estimate of drug-likeness (QED) is 0.639. The van der Waals surface area contributed by atoms with E-state index in [1.165, 1.54) is 5.56 Å². The van der Waals surface area contributed by atoms with Crippen LogP contribution >= 0.6 is 11.3 Å². The summed E-state index contributed by atoms with van der Waals surface area (Å²) >= 11 is 1.70. The summed E-state index contributed by atoms with van der Waals surface area (Å²) in [4.78, 5) is 0. The highest BCUT2D eigenvalue weighted by Gasteiger charge is 2.18. The lowest BCUT2D eigenvalue weighted by Crippen LogP contribution is -2.17. The Morgan fingerprint density at radius 2 is 2.20 bits per heavy atom. The topological polar surface area (TPSA) is 9.23 Å². The molecule has 0 aliphatic rings. The number of ether oxygens (including phenoxy) is 1. The van der Waals surface area contributed by atoms with E-state index in [9.17, 15) is 0 Å². The zero-order valence-corrected chi connectivity index (χ0v) is 7.37. The molecular formula is C8H12OS. The summed E-state index contributed by atoms with van der Waals surface area (Å²) < 4.78 is 5.29. The molecule has 0 spiro atoms. The van der Waals surface area contributed by atoms with Crippen molar-refractivity contribution in [2.45, 2.75) is 19.4 Å². The van der Waals surface area contributed by atoms with Crippen LogP contribution < -0.4 is 0 Å². The minimum atomic E-state index is -0.125. The fourth-order valence-corrected chi connectivity index (χ4v) is 1.54. The Bertz CT molecular complexity index is 189. The molecule has 1 nitrogen and oxygen atoms in total. The van der Waals surface area contributed by atoms with Crippen molar-refractivity contribution in [3.63, 3.8) is 0 Å². The lowest BCUT2D eigenvalue weighted by Gasteiger charge is -2.21. The average Bonchev–Trinajstić information content (AvgIpc) is 2.38. The van der Waals surface area contributed by atoms with Crippen LogP contribution in [0.3, 0.4) is 0 Å². The molecule has 0 radical (unpaired) electrons. The zero-order chi connectivity index (χ0) is 7.61. The minimum Gasteiger partial charge on any atom is -0.374 e. The van der Waals surface area contributed by atoms with Crippen molar-refractivity contribution in [3.8, 4) is 0 Å².